The second-order valence-electron chi connectivity index (χ2n) is 7.76. The molecule has 0 unspecified atom stereocenters. The van der Waals surface area contributed by atoms with Gasteiger partial charge in [-0.3, -0.25) is 9.36 Å². The maximum absolute atomic E-state index is 14.0. The van der Waals surface area contributed by atoms with Crippen molar-refractivity contribution in [3.63, 3.8) is 0 Å². The molecule has 178 valence electrons. The van der Waals surface area contributed by atoms with E-state index in [0.717, 1.165) is 0 Å². The highest BCUT2D eigenvalue weighted by Crippen LogP contribution is 2.30. The largest absolute Gasteiger partial charge is 0.467 e. The van der Waals surface area contributed by atoms with Gasteiger partial charge in [0.05, 0.1) is 30.4 Å². The number of fused-ring (bicyclic) bond motifs is 1. The van der Waals surface area contributed by atoms with Gasteiger partial charge in [0.25, 0.3) is 5.56 Å². The molecule has 0 saturated carbocycles. The second kappa shape index (κ2) is 9.15. The van der Waals surface area contributed by atoms with Gasteiger partial charge in [-0.2, -0.15) is 10.2 Å². The standard InChI is InChI=1S/C24H19N9O3/c1-13(30-21-15(9-25)10-27-23(26)31-21)18-8-14-4-3-5-17(16-11-28-24(35-2)29-12-16)20(14)22(34)33(18)19-6-7-36-32-19/h3-8,10-13H,1-2H3,(H3,26,27,30,31)/t13-/m0/s1. The summed E-state index contributed by atoms with van der Waals surface area (Å²) in [5.41, 5.74) is 7.49. The van der Waals surface area contributed by atoms with E-state index in [9.17, 15) is 10.1 Å². The van der Waals surface area contributed by atoms with Gasteiger partial charge in [0.1, 0.15) is 23.7 Å². The molecule has 0 bridgehead atoms. The van der Waals surface area contributed by atoms with Crippen LogP contribution in [0, 0.1) is 11.3 Å². The fourth-order valence-electron chi connectivity index (χ4n) is 3.93. The summed E-state index contributed by atoms with van der Waals surface area (Å²) >= 11 is 0. The quantitative estimate of drug-likeness (QED) is 0.365. The smallest absolute Gasteiger partial charge is 0.316 e. The van der Waals surface area contributed by atoms with E-state index < -0.39 is 6.04 Å². The third-order valence-corrected chi connectivity index (χ3v) is 5.57. The zero-order valence-corrected chi connectivity index (χ0v) is 19.2. The Balaban J connectivity index is 1.71. The van der Waals surface area contributed by atoms with Crippen molar-refractivity contribution < 1.29 is 9.26 Å². The van der Waals surface area contributed by atoms with Gasteiger partial charge < -0.3 is 20.3 Å². The van der Waals surface area contributed by atoms with E-state index in [-0.39, 0.29) is 28.9 Å². The van der Waals surface area contributed by atoms with Gasteiger partial charge in [0, 0.05) is 24.0 Å². The molecule has 0 aliphatic heterocycles. The van der Waals surface area contributed by atoms with Crippen LogP contribution in [0.4, 0.5) is 11.8 Å². The number of nitrogens with one attached hydrogen (secondary N) is 1. The number of rotatable bonds is 6. The van der Waals surface area contributed by atoms with Crippen LogP contribution in [0.15, 0.2) is 64.5 Å². The van der Waals surface area contributed by atoms with Gasteiger partial charge in [-0.25, -0.2) is 15.0 Å². The number of hydrogen-bond acceptors (Lipinski definition) is 11. The molecule has 0 fully saturated rings. The van der Waals surface area contributed by atoms with E-state index in [1.807, 2.05) is 37.3 Å². The van der Waals surface area contributed by atoms with E-state index >= 15 is 0 Å². The Morgan fingerprint density at radius 3 is 2.69 bits per heavy atom. The molecule has 0 aliphatic rings. The van der Waals surface area contributed by atoms with Crippen LogP contribution in [0.5, 0.6) is 6.01 Å². The lowest BCUT2D eigenvalue weighted by Gasteiger charge is -2.21. The third kappa shape index (κ3) is 3.94. The number of nitrogens with two attached hydrogens (primary N) is 1. The highest BCUT2D eigenvalue weighted by atomic mass is 16.5. The van der Waals surface area contributed by atoms with Crippen LogP contribution in [0.2, 0.25) is 0 Å². The summed E-state index contributed by atoms with van der Waals surface area (Å²) in [4.78, 5) is 30.3. The molecule has 4 aromatic heterocycles. The van der Waals surface area contributed by atoms with E-state index in [4.69, 9.17) is 15.0 Å². The Bertz CT molecular complexity index is 1660. The van der Waals surface area contributed by atoms with Gasteiger partial charge in [-0.1, -0.05) is 23.4 Å². The van der Waals surface area contributed by atoms with Gasteiger partial charge in [-0.05, 0) is 23.9 Å². The van der Waals surface area contributed by atoms with Crippen molar-refractivity contribution in [3.05, 3.63) is 76.8 Å². The number of pyridine rings is 1. The number of anilines is 2. The lowest BCUT2D eigenvalue weighted by Crippen LogP contribution is -2.26. The highest BCUT2D eigenvalue weighted by Gasteiger charge is 2.21. The van der Waals surface area contributed by atoms with Crippen molar-refractivity contribution in [1.29, 1.82) is 5.26 Å². The maximum atomic E-state index is 14.0. The Morgan fingerprint density at radius 2 is 2.00 bits per heavy atom. The van der Waals surface area contributed by atoms with Crippen molar-refractivity contribution in [1.82, 2.24) is 29.7 Å². The number of nitrogens with zero attached hydrogens (tertiary/aromatic N) is 7. The van der Waals surface area contributed by atoms with Crippen molar-refractivity contribution in [2.45, 2.75) is 13.0 Å². The molecule has 0 radical (unpaired) electrons. The molecule has 12 heteroatoms. The van der Waals surface area contributed by atoms with Gasteiger partial charge in [-0.15, -0.1) is 0 Å². The molecule has 36 heavy (non-hydrogen) atoms. The summed E-state index contributed by atoms with van der Waals surface area (Å²) in [5, 5.41) is 17.8. The summed E-state index contributed by atoms with van der Waals surface area (Å²) in [5.74, 6) is 0.567. The molecular weight excluding hydrogens is 462 g/mol. The summed E-state index contributed by atoms with van der Waals surface area (Å²) < 4.78 is 11.5. The minimum absolute atomic E-state index is 0.0162. The third-order valence-electron chi connectivity index (χ3n) is 5.57. The summed E-state index contributed by atoms with van der Waals surface area (Å²) in [7, 11) is 1.48. The predicted molar refractivity (Wildman–Crippen MR) is 130 cm³/mol. The van der Waals surface area contributed by atoms with Crippen LogP contribution in [-0.4, -0.2) is 36.8 Å². The molecular formula is C24H19N9O3. The fraction of sp³-hybridized carbons (Fsp3) is 0.125. The molecule has 3 N–H and O–H groups in total. The first-order valence-corrected chi connectivity index (χ1v) is 10.7. The van der Waals surface area contributed by atoms with E-state index in [1.165, 1.54) is 24.1 Å². The lowest BCUT2D eigenvalue weighted by atomic mass is 9.99. The molecule has 12 nitrogen and oxygen atoms in total. The Kier molecular flexibility index (Phi) is 5.71. The lowest BCUT2D eigenvalue weighted by molar-refractivity contribution is 0.380. The SMILES string of the molecule is COc1ncc(-c2cccc3cc([C@H](C)Nc4nc(N)ncc4C#N)n(-c4ccon4)c(=O)c23)cn1. The van der Waals surface area contributed by atoms with Crippen molar-refractivity contribution in [2.75, 3.05) is 18.2 Å². The van der Waals surface area contributed by atoms with Crippen LogP contribution in [0.3, 0.4) is 0 Å². The Morgan fingerprint density at radius 1 is 1.19 bits per heavy atom. The minimum atomic E-state index is -0.492. The van der Waals surface area contributed by atoms with Crippen molar-refractivity contribution >= 4 is 22.5 Å². The molecule has 0 amide bonds. The molecule has 0 spiro atoms. The molecule has 0 aliphatic carbocycles. The van der Waals surface area contributed by atoms with E-state index in [0.29, 0.717) is 33.4 Å². The summed E-state index contributed by atoms with van der Waals surface area (Å²) in [6, 6.07) is 10.7. The fourth-order valence-corrected chi connectivity index (χ4v) is 3.93. The first-order chi connectivity index (χ1) is 17.5. The number of benzene rings is 1. The van der Waals surface area contributed by atoms with Crippen LogP contribution in [0.1, 0.15) is 24.2 Å². The Labute approximate surface area is 204 Å². The minimum Gasteiger partial charge on any atom is -0.467 e. The summed E-state index contributed by atoms with van der Waals surface area (Å²) in [6.45, 7) is 1.83. The molecule has 1 atom stereocenters. The number of nitrogen functional groups attached to an aromatic ring is 1. The number of aromatic nitrogens is 6. The predicted octanol–water partition coefficient (Wildman–Crippen LogP) is 2.86. The van der Waals surface area contributed by atoms with Crippen molar-refractivity contribution in [3.8, 4) is 29.0 Å². The first-order valence-electron chi connectivity index (χ1n) is 10.7. The zero-order chi connectivity index (χ0) is 25.2. The number of methoxy groups -OCH3 is 1. The van der Waals surface area contributed by atoms with Crippen molar-refractivity contribution in [2.24, 2.45) is 0 Å². The van der Waals surface area contributed by atoms with Gasteiger partial charge in [0.15, 0.2) is 5.82 Å². The Hall–Kier alpha value is -5.31. The van der Waals surface area contributed by atoms with Crippen LogP contribution < -0.4 is 21.3 Å². The molecule has 5 aromatic rings. The van der Waals surface area contributed by atoms with Crippen LogP contribution >= 0.6 is 0 Å². The topological polar surface area (TPSA) is 171 Å². The van der Waals surface area contributed by atoms with Crippen LogP contribution in [0.25, 0.3) is 27.7 Å². The molecule has 4 heterocycles. The molecule has 5 rings (SSSR count). The average molecular weight is 481 g/mol. The van der Waals surface area contributed by atoms with Crippen LogP contribution in [-0.2, 0) is 0 Å². The normalized spacial score (nSPS) is 11.7. The molecule has 1 aromatic carbocycles. The molecule has 0 saturated heterocycles. The van der Waals surface area contributed by atoms with Gasteiger partial charge >= 0.3 is 6.01 Å². The van der Waals surface area contributed by atoms with Gasteiger partial charge in [0.2, 0.25) is 5.95 Å². The maximum Gasteiger partial charge on any atom is 0.316 e. The number of hydrogen-bond donors (Lipinski definition) is 2. The van der Waals surface area contributed by atoms with E-state index in [2.05, 4.69) is 30.4 Å². The van der Waals surface area contributed by atoms with E-state index in [1.54, 1.807) is 18.5 Å². The summed E-state index contributed by atoms with van der Waals surface area (Å²) in [6.07, 6.45) is 5.92. The number of nitriles is 1. The average Bonchev–Trinajstić information content (AvgIpc) is 3.43. The number of ether oxygens (including phenoxy) is 1. The monoisotopic (exact) mass is 481 g/mol. The zero-order valence-electron chi connectivity index (χ0n) is 19.2. The second-order valence-corrected chi connectivity index (χ2v) is 7.76. The first kappa shape index (κ1) is 22.5. The highest BCUT2D eigenvalue weighted by molar-refractivity contribution is 5.96.